The molecule has 1 aromatic heterocycles. The molecule has 0 fully saturated rings. The highest BCUT2D eigenvalue weighted by Crippen LogP contribution is 2.14. The molecule has 2 amide bonds. The van der Waals surface area contributed by atoms with Crippen LogP contribution in [0, 0.1) is 5.92 Å². The Hall–Kier alpha value is -2.18. The molecule has 2 aromatic rings. The van der Waals surface area contributed by atoms with Crippen LogP contribution in [0.25, 0.3) is 0 Å². The Kier molecular flexibility index (Phi) is 6.52. The van der Waals surface area contributed by atoms with Gasteiger partial charge in [0.15, 0.2) is 0 Å². The number of hydrogen-bond donors (Lipinski definition) is 3. The van der Waals surface area contributed by atoms with Crippen LogP contribution in [-0.4, -0.2) is 29.6 Å². The van der Waals surface area contributed by atoms with Crippen molar-refractivity contribution in [2.24, 2.45) is 5.92 Å². The monoisotopic (exact) mass is 346 g/mol. The number of hydrogen-bond acceptors (Lipinski definition) is 4. The first-order valence-corrected chi connectivity index (χ1v) is 8.74. The quantitative estimate of drug-likeness (QED) is 0.721. The topological polar surface area (TPSA) is 78.4 Å². The molecule has 1 aromatic carbocycles. The summed E-state index contributed by atoms with van der Waals surface area (Å²) in [5.41, 5.74) is 1.67. The number of anilines is 1. The SMILES string of the molecule is CC(C)C(NC(=O)c1cccs1)C(=O)Nc1ccc(CCO)cc1. The summed E-state index contributed by atoms with van der Waals surface area (Å²) in [6, 6.07) is 10.2. The van der Waals surface area contributed by atoms with Crippen LogP contribution in [0.4, 0.5) is 5.69 Å². The van der Waals surface area contributed by atoms with E-state index in [4.69, 9.17) is 5.11 Å². The zero-order valence-corrected chi connectivity index (χ0v) is 14.6. The molecule has 128 valence electrons. The second-order valence-corrected chi connectivity index (χ2v) is 6.78. The predicted molar refractivity (Wildman–Crippen MR) is 96.3 cm³/mol. The van der Waals surface area contributed by atoms with E-state index in [0.29, 0.717) is 17.0 Å². The fourth-order valence-electron chi connectivity index (χ4n) is 2.26. The van der Waals surface area contributed by atoms with E-state index in [2.05, 4.69) is 10.6 Å². The van der Waals surface area contributed by atoms with E-state index in [-0.39, 0.29) is 24.3 Å². The Morgan fingerprint density at radius 3 is 2.42 bits per heavy atom. The summed E-state index contributed by atoms with van der Waals surface area (Å²) in [5, 5.41) is 16.4. The van der Waals surface area contributed by atoms with E-state index >= 15 is 0 Å². The highest BCUT2D eigenvalue weighted by Gasteiger charge is 2.25. The minimum atomic E-state index is -0.614. The number of nitrogens with one attached hydrogen (secondary N) is 2. The molecule has 5 nitrogen and oxygen atoms in total. The van der Waals surface area contributed by atoms with Gasteiger partial charge in [0.05, 0.1) is 4.88 Å². The van der Waals surface area contributed by atoms with Crippen molar-refractivity contribution in [1.82, 2.24) is 5.32 Å². The lowest BCUT2D eigenvalue weighted by Crippen LogP contribution is -2.46. The van der Waals surface area contributed by atoms with Gasteiger partial charge in [0.25, 0.3) is 5.91 Å². The maximum atomic E-state index is 12.5. The van der Waals surface area contributed by atoms with Gasteiger partial charge in [-0.25, -0.2) is 0 Å². The largest absolute Gasteiger partial charge is 0.396 e. The number of amides is 2. The molecule has 1 heterocycles. The van der Waals surface area contributed by atoms with Gasteiger partial charge in [-0.1, -0.05) is 32.0 Å². The van der Waals surface area contributed by atoms with Crippen LogP contribution in [0.2, 0.25) is 0 Å². The predicted octanol–water partition coefficient (Wildman–Crippen LogP) is 2.68. The van der Waals surface area contributed by atoms with E-state index in [0.717, 1.165) is 5.56 Å². The van der Waals surface area contributed by atoms with Crippen molar-refractivity contribution in [3.8, 4) is 0 Å². The third-order valence-electron chi connectivity index (χ3n) is 3.60. The zero-order valence-electron chi connectivity index (χ0n) is 13.8. The first kappa shape index (κ1) is 18.2. The van der Waals surface area contributed by atoms with Crippen molar-refractivity contribution >= 4 is 28.8 Å². The fraction of sp³-hybridized carbons (Fsp3) is 0.333. The zero-order chi connectivity index (χ0) is 17.5. The van der Waals surface area contributed by atoms with Gasteiger partial charge in [-0.3, -0.25) is 9.59 Å². The van der Waals surface area contributed by atoms with Gasteiger partial charge in [-0.05, 0) is 41.5 Å². The highest BCUT2D eigenvalue weighted by atomic mass is 32.1. The molecule has 0 saturated heterocycles. The van der Waals surface area contributed by atoms with Crippen LogP contribution < -0.4 is 10.6 Å². The summed E-state index contributed by atoms with van der Waals surface area (Å²) in [7, 11) is 0. The van der Waals surface area contributed by atoms with Crippen LogP contribution in [-0.2, 0) is 11.2 Å². The van der Waals surface area contributed by atoms with Crippen LogP contribution in [0.15, 0.2) is 41.8 Å². The van der Waals surface area contributed by atoms with Gasteiger partial charge in [-0.15, -0.1) is 11.3 Å². The molecule has 3 N–H and O–H groups in total. The minimum absolute atomic E-state index is 0.0393. The van der Waals surface area contributed by atoms with Crippen LogP contribution in [0.3, 0.4) is 0 Å². The van der Waals surface area contributed by atoms with E-state index in [1.165, 1.54) is 11.3 Å². The lowest BCUT2D eigenvalue weighted by atomic mass is 10.0. The smallest absolute Gasteiger partial charge is 0.262 e. The third-order valence-corrected chi connectivity index (χ3v) is 4.47. The first-order valence-electron chi connectivity index (χ1n) is 7.86. The molecule has 0 aliphatic heterocycles. The molecule has 0 saturated carbocycles. The molecule has 1 unspecified atom stereocenters. The fourth-order valence-corrected chi connectivity index (χ4v) is 2.89. The van der Waals surface area contributed by atoms with Crippen LogP contribution in [0.1, 0.15) is 29.1 Å². The highest BCUT2D eigenvalue weighted by molar-refractivity contribution is 7.12. The van der Waals surface area contributed by atoms with Gasteiger partial charge in [0, 0.05) is 12.3 Å². The summed E-state index contributed by atoms with van der Waals surface area (Å²) in [6.07, 6.45) is 0.583. The molecule has 1 atom stereocenters. The molecular formula is C18H22N2O3S. The second-order valence-electron chi connectivity index (χ2n) is 5.83. The number of carbonyl (C=O) groups is 2. The lowest BCUT2D eigenvalue weighted by molar-refractivity contribution is -0.118. The van der Waals surface area contributed by atoms with E-state index in [9.17, 15) is 9.59 Å². The van der Waals surface area contributed by atoms with Gasteiger partial charge < -0.3 is 15.7 Å². The summed E-state index contributed by atoms with van der Waals surface area (Å²) < 4.78 is 0. The van der Waals surface area contributed by atoms with Crippen molar-refractivity contribution in [3.05, 3.63) is 52.2 Å². The molecule has 6 heteroatoms. The summed E-state index contributed by atoms with van der Waals surface area (Å²) in [4.78, 5) is 25.3. The second kappa shape index (κ2) is 8.61. The van der Waals surface area contributed by atoms with Crippen molar-refractivity contribution in [2.45, 2.75) is 26.3 Å². The van der Waals surface area contributed by atoms with E-state index in [1.54, 1.807) is 24.3 Å². The Morgan fingerprint density at radius 2 is 1.88 bits per heavy atom. The molecule has 0 aliphatic carbocycles. The number of rotatable bonds is 7. The molecule has 0 radical (unpaired) electrons. The lowest BCUT2D eigenvalue weighted by Gasteiger charge is -2.21. The third kappa shape index (κ3) is 4.91. The molecule has 2 rings (SSSR count). The number of benzene rings is 1. The van der Waals surface area contributed by atoms with Gasteiger partial charge in [0.1, 0.15) is 6.04 Å². The molecule has 0 bridgehead atoms. The van der Waals surface area contributed by atoms with Crippen LogP contribution >= 0.6 is 11.3 Å². The maximum Gasteiger partial charge on any atom is 0.262 e. The minimum Gasteiger partial charge on any atom is -0.396 e. The average Bonchev–Trinajstić information content (AvgIpc) is 3.08. The van der Waals surface area contributed by atoms with Crippen LogP contribution in [0.5, 0.6) is 0 Å². The van der Waals surface area contributed by atoms with Gasteiger partial charge in [-0.2, -0.15) is 0 Å². The van der Waals surface area contributed by atoms with Gasteiger partial charge in [0.2, 0.25) is 5.91 Å². The number of carbonyl (C=O) groups excluding carboxylic acids is 2. The van der Waals surface area contributed by atoms with Crippen molar-refractivity contribution in [2.75, 3.05) is 11.9 Å². The van der Waals surface area contributed by atoms with Crippen molar-refractivity contribution in [1.29, 1.82) is 0 Å². The van der Waals surface area contributed by atoms with E-state index < -0.39 is 6.04 Å². The summed E-state index contributed by atoms with van der Waals surface area (Å²) in [6.45, 7) is 3.88. The Bertz CT molecular complexity index is 666. The number of aliphatic hydroxyl groups excluding tert-OH is 1. The standard InChI is InChI=1S/C18H22N2O3S/c1-12(2)16(20-17(22)15-4-3-11-24-15)18(23)19-14-7-5-13(6-8-14)9-10-21/h3-8,11-12,16,21H,9-10H2,1-2H3,(H,19,23)(H,20,22). The molecular weight excluding hydrogens is 324 g/mol. The molecule has 24 heavy (non-hydrogen) atoms. The molecule has 0 spiro atoms. The summed E-state index contributed by atoms with van der Waals surface area (Å²) >= 11 is 1.34. The molecule has 0 aliphatic rings. The average molecular weight is 346 g/mol. The number of thiophene rings is 1. The maximum absolute atomic E-state index is 12.5. The number of aliphatic hydroxyl groups is 1. The van der Waals surface area contributed by atoms with Crippen molar-refractivity contribution in [3.63, 3.8) is 0 Å². The summed E-state index contributed by atoms with van der Waals surface area (Å²) in [5.74, 6) is -0.524. The Morgan fingerprint density at radius 1 is 1.17 bits per heavy atom. The van der Waals surface area contributed by atoms with Crippen molar-refractivity contribution < 1.29 is 14.7 Å². The normalized spacial score (nSPS) is 12.0. The Labute approximate surface area is 145 Å². The van der Waals surface area contributed by atoms with E-state index in [1.807, 2.05) is 31.4 Å². The van der Waals surface area contributed by atoms with Gasteiger partial charge >= 0.3 is 0 Å². The Balaban J connectivity index is 2.02. The first-order chi connectivity index (χ1) is 11.5.